The first-order valence-electron chi connectivity index (χ1n) is 5.94. The molecular formula is C11H11ClN4O4S. The van der Waals surface area contributed by atoms with Gasteiger partial charge in [0.15, 0.2) is 11.0 Å². The second-order valence-corrected chi connectivity index (χ2v) is 6.41. The number of benzene rings is 1. The SMILES string of the molecule is CCCS(=O)(=O)Nc1nc2ccc([N+](=O)[O-])cc2nc1Cl. The standard InChI is InChI=1S/C11H11ClN4O4S/c1-2-5-21(19,20)15-11-10(12)13-9-6-7(16(17)18)3-4-8(9)14-11/h3-4,6H,2,5H2,1H3,(H,14,15). The second kappa shape index (κ2) is 5.78. The molecule has 0 unspecified atom stereocenters. The average Bonchev–Trinajstić information content (AvgIpc) is 2.38. The van der Waals surface area contributed by atoms with Gasteiger partial charge in [0.2, 0.25) is 10.0 Å². The predicted molar refractivity (Wildman–Crippen MR) is 78.9 cm³/mol. The molecular weight excluding hydrogens is 320 g/mol. The lowest BCUT2D eigenvalue weighted by Crippen LogP contribution is -2.17. The molecule has 0 saturated carbocycles. The molecule has 2 rings (SSSR count). The van der Waals surface area contributed by atoms with Gasteiger partial charge >= 0.3 is 0 Å². The summed E-state index contributed by atoms with van der Waals surface area (Å²) in [5.41, 5.74) is 0.374. The van der Waals surface area contributed by atoms with Crippen LogP contribution in [0.4, 0.5) is 11.5 Å². The van der Waals surface area contributed by atoms with E-state index in [-0.39, 0.29) is 27.9 Å². The van der Waals surface area contributed by atoms with E-state index in [1.165, 1.54) is 18.2 Å². The number of anilines is 1. The Labute approximate surface area is 125 Å². The molecule has 0 aliphatic carbocycles. The summed E-state index contributed by atoms with van der Waals surface area (Å²) in [7, 11) is -3.54. The molecule has 1 aromatic carbocycles. The summed E-state index contributed by atoms with van der Waals surface area (Å²) in [6, 6.07) is 3.86. The summed E-state index contributed by atoms with van der Waals surface area (Å²) in [6.45, 7) is 1.73. The van der Waals surface area contributed by atoms with Crippen LogP contribution in [0.2, 0.25) is 5.15 Å². The monoisotopic (exact) mass is 330 g/mol. The van der Waals surface area contributed by atoms with Gasteiger partial charge in [-0.2, -0.15) is 0 Å². The Morgan fingerprint density at radius 1 is 1.33 bits per heavy atom. The van der Waals surface area contributed by atoms with E-state index in [4.69, 9.17) is 11.6 Å². The lowest BCUT2D eigenvalue weighted by Gasteiger charge is -2.08. The zero-order valence-electron chi connectivity index (χ0n) is 10.9. The molecule has 0 aliphatic rings. The number of nitrogens with one attached hydrogen (secondary N) is 1. The molecule has 0 bridgehead atoms. The van der Waals surface area contributed by atoms with Crippen LogP contribution in [0, 0.1) is 10.1 Å². The predicted octanol–water partition coefficient (Wildman–Crippen LogP) is 2.34. The normalized spacial score (nSPS) is 11.5. The van der Waals surface area contributed by atoms with E-state index in [2.05, 4.69) is 14.7 Å². The highest BCUT2D eigenvalue weighted by Gasteiger charge is 2.16. The zero-order valence-corrected chi connectivity index (χ0v) is 12.5. The fourth-order valence-electron chi connectivity index (χ4n) is 1.67. The molecule has 1 N–H and O–H groups in total. The van der Waals surface area contributed by atoms with E-state index >= 15 is 0 Å². The van der Waals surface area contributed by atoms with Crippen molar-refractivity contribution in [2.24, 2.45) is 0 Å². The molecule has 0 saturated heterocycles. The zero-order chi connectivity index (χ0) is 15.6. The summed E-state index contributed by atoms with van der Waals surface area (Å²) >= 11 is 5.87. The molecule has 0 atom stereocenters. The fraction of sp³-hybridized carbons (Fsp3) is 0.273. The number of non-ortho nitro benzene ring substituents is 1. The summed E-state index contributed by atoms with van der Waals surface area (Å²) < 4.78 is 25.7. The van der Waals surface area contributed by atoms with E-state index in [9.17, 15) is 18.5 Å². The van der Waals surface area contributed by atoms with Gasteiger partial charge in [0.05, 0.1) is 21.7 Å². The maximum atomic E-state index is 11.7. The molecule has 0 spiro atoms. The number of nitro benzene ring substituents is 1. The molecule has 0 radical (unpaired) electrons. The Morgan fingerprint density at radius 2 is 2.05 bits per heavy atom. The quantitative estimate of drug-likeness (QED) is 0.664. The van der Waals surface area contributed by atoms with Crippen molar-refractivity contribution in [2.45, 2.75) is 13.3 Å². The van der Waals surface area contributed by atoms with Crippen LogP contribution < -0.4 is 4.72 Å². The van der Waals surface area contributed by atoms with E-state index in [0.29, 0.717) is 11.9 Å². The number of fused-ring (bicyclic) bond motifs is 1. The number of rotatable bonds is 5. The van der Waals surface area contributed by atoms with Gasteiger partial charge in [-0.25, -0.2) is 18.4 Å². The minimum atomic E-state index is -3.54. The van der Waals surface area contributed by atoms with Crippen LogP contribution in [0.3, 0.4) is 0 Å². The van der Waals surface area contributed by atoms with E-state index < -0.39 is 14.9 Å². The first-order valence-corrected chi connectivity index (χ1v) is 7.97. The molecule has 0 fully saturated rings. The topological polar surface area (TPSA) is 115 Å². The Bertz CT molecular complexity index is 809. The van der Waals surface area contributed by atoms with Gasteiger partial charge in [-0.05, 0) is 12.5 Å². The molecule has 1 aromatic heterocycles. The highest BCUT2D eigenvalue weighted by atomic mass is 35.5. The Balaban J connectivity index is 2.46. The molecule has 1 heterocycles. The lowest BCUT2D eigenvalue weighted by molar-refractivity contribution is -0.384. The number of sulfonamides is 1. The summed E-state index contributed by atoms with van der Waals surface area (Å²) in [4.78, 5) is 18.1. The van der Waals surface area contributed by atoms with Crippen molar-refractivity contribution < 1.29 is 13.3 Å². The summed E-state index contributed by atoms with van der Waals surface area (Å²) in [5.74, 6) is -0.157. The highest BCUT2D eigenvalue weighted by molar-refractivity contribution is 7.92. The van der Waals surface area contributed by atoms with Crippen LogP contribution in [0.5, 0.6) is 0 Å². The number of aromatic nitrogens is 2. The summed E-state index contributed by atoms with van der Waals surface area (Å²) in [6.07, 6.45) is 0.445. The molecule has 112 valence electrons. The molecule has 0 amide bonds. The van der Waals surface area contributed by atoms with Gasteiger partial charge in [0.1, 0.15) is 0 Å². The average molecular weight is 331 g/mol. The van der Waals surface area contributed by atoms with Crippen molar-refractivity contribution in [3.05, 3.63) is 33.5 Å². The van der Waals surface area contributed by atoms with Gasteiger partial charge < -0.3 is 0 Å². The summed E-state index contributed by atoms with van der Waals surface area (Å²) in [5, 5.41) is 10.5. The van der Waals surface area contributed by atoms with Crippen LogP contribution >= 0.6 is 11.6 Å². The van der Waals surface area contributed by atoms with Crippen molar-refractivity contribution in [1.82, 2.24) is 9.97 Å². The van der Waals surface area contributed by atoms with Gasteiger partial charge in [-0.3, -0.25) is 14.8 Å². The molecule has 0 aliphatic heterocycles. The van der Waals surface area contributed by atoms with Crippen LogP contribution in [0.1, 0.15) is 13.3 Å². The maximum Gasteiger partial charge on any atom is 0.271 e. The van der Waals surface area contributed by atoms with Gasteiger partial charge in [-0.1, -0.05) is 18.5 Å². The number of hydrogen-bond acceptors (Lipinski definition) is 6. The van der Waals surface area contributed by atoms with Gasteiger partial charge in [-0.15, -0.1) is 0 Å². The second-order valence-electron chi connectivity index (χ2n) is 4.21. The Hall–Kier alpha value is -2.00. The third-order valence-electron chi connectivity index (χ3n) is 2.54. The number of hydrogen-bond donors (Lipinski definition) is 1. The molecule has 21 heavy (non-hydrogen) atoms. The van der Waals surface area contributed by atoms with E-state index in [1.54, 1.807) is 6.92 Å². The maximum absolute atomic E-state index is 11.7. The van der Waals surface area contributed by atoms with Crippen molar-refractivity contribution in [2.75, 3.05) is 10.5 Å². The van der Waals surface area contributed by atoms with Crippen molar-refractivity contribution in [1.29, 1.82) is 0 Å². The minimum Gasteiger partial charge on any atom is -0.265 e. The number of nitrogens with zero attached hydrogens (tertiary/aromatic N) is 3. The smallest absolute Gasteiger partial charge is 0.265 e. The van der Waals surface area contributed by atoms with Crippen molar-refractivity contribution in [3.8, 4) is 0 Å². The van der Waals surface area contributed by atoms with Gasteiger partial charge in [0, 0.05) is 12.1 Å². The third kappa shape index (κ3) is 3.56. The number of halogens is 1. The third-order valence-corrected chi connectivity index (χ3v) is 4.25. The van der Waals surface area contributed by atoms with Crippen LogP contribution in [0.25, 0.3) is 11.0 Å². The molecule has 2 aromatic rings. The van der Waals surface area contributed by atoms with E-state index in [0.717, 1.165) is 0 Å². The largest absolute Gasteiger partial charge is 0.271 e. The first kappa shape index (κ1) is 15.4. The fourth-order valence-corrected chi connectivity index (χ4v) is 2.98. The van der Waals surface area contributed by atoms with Crippen molar-refractivity contribution in [3.63, 3.8) is 0 Å². The Kier molecular flexibility index (Phi) is 4.24. The number of nitro groups is 1. The van der Waals surface area contributed by atoms with Crippen LogP contribution in [-0.4, -0.2) is 29.1 Å². The highest BCUT2D eigenvalue weighted by Crippen LogP contribution is 2.24. The van der Waals surface area contributed by atoms with Gasteiger partial charge in [0.25, 0.3) is 5.69 Å². The Morgan fingerprint density at radius 3 is 2.67 bits per heavy atom. The van der Waals surface area contributed by atoms with Crippen molar-refractivity contribution >= 4 is 44.2 Å². The van der Waals surface area contributed by atoms with Crippen LogP contribution in [-0.2, 0) is 10.0 Å². The lowest BCUT2D eigenvalue weighted by atomic mass is 10.2. The molecule has 10 heteroatoms. The van der Waals surface area contributed by atoms with Crippen LogP contribution in [0.15, 0.2) is 18.2 Å². The molecule has 8 nitrogen and oxygen atoms in total. The minimum absolute atomic E-state index is 0.0662. The first-order chi connectivity index (χ1) is 9.82. The van der Waals surface area contributed by atoms with E-state index in [1.807, 2.05) is 0 Å².